The number of aliphatic hydroxyl groups is 1. The van der Waals surface area contributed by atoms with Crippen LogP contribution in [0.15, 0.2) is 24.3 Å². The minimum atomic E-state index is -0.645. The zero-order valence-corrected chi connectivity index (χ0v) is 12.4. The molecule has 1 fully saturated rings. The molecule has 1 aromatic carbocycles. The lowest BCUT2D eigenvalue weighted by Gasteiger charge is -2.34. The average molecular weight is 279 g/mol. The van der Waals surface area contributed by atoms with Crippen LogP contribution in [0.3, 0.4) is 0 Å². The third-order valence-corrected chi connectivity index (χ3v) is 4.02. The van der Waals surface area contributed by atoms with Gasteiger partial charge in [-0.05, 0) is 12.5 Å². The molecule has 0 aromatic heterocycles. The van der Waals surface area contributed by atoms with Crippen molar-refractivity contribution in [3.63, 3.8) is 0 Å². The first-order valence-corrected chi connectivity index (χ1v) is 7.35. The van der Waals surface area contributed by atoms with Gasteiger partial charge in [-0.2, -0.15) is 0 Å². The summed E-state index contributed by atoms with van der Waals surface area (Å²) in [5.41, 5.74) is 0.501. The van der Waals surface area contributed by atoms with Crippen molar-refractivity contribution in [3.8, 4) is 5.75 Å². The third kappa shape index (κ3) is 3.72. The SMILES string of the molecule is CCC(NCC1(O)CCOCC1)c1ccccc1OC. The average Bonchev–Trinajstić information content (AvgIpc) is 2.49. The van der Waals surface area contributed by atoms with E-state index in [-0.39, 0.29) is 6.04 Å². The van der Waals surface area contributed by atoms with E-state index in [2.05, 4.69) is 18.3 Å². The van der Waals surface area contributed by atoms with E-state index >= 15 is 0 Å². The van der Waals surface area contributed by atoms with Crippen LogP contribution in [0.4, 0.5) is 0 Å². The summed E-state index contributed by atoms with van der Waals surface area (Å²) in [5, 5.41) is 14.0. The zero-order valence-electron chi connectivity index (χ0n) is 12.4. The quantitative estimate of drug-likeness (QED) is 0.839. The Balaban J connectivity index is 2.01. The minimum absolute atomic E-state index is 0.193. The van der Waals surface area contributed by atoms with Crippen LogP contribution in [0, 0.1) is 0 Å². The van der Waals surface area contributed by atoms with Crippen LogP contribution >= 0.6 is 0 Å². The second kappa shape index (κ2) is 7.07. The number of hydrogen-bond donors (Lipinski definition) is 2. The highest BCUT2D eigenvalue weighted by Gasteiger charge is 2.30. The lowest BCUT2D eigenvalue weighted by Crippen LogP contribution is -2.45. The van der Waals surface area contributed by atoms with E-state index in [0.29, 0.717) is 32.6 Å². The van der Waals surface area contributed by atoms with Crippen molar-refractivity contribution in [2.24, 2.45) is 0 Å². The Bertz CT molecular complexity index is 416. The van der Waals surface area contributed by atoms with Crippen molar-refractivity contribution in [2.75, 3.05) is 26.9 Å². The number of methoxy groups -OCH3 is 1. The molecule has 2 N–H and O–H groups in total. The number of ether oxygens (including phenoxy) is 2. The van der Waals surface area contributed by atoms with E-state index in [0.717, 1.165) is 17.7 Å². The summed E-state index contributed by atoms with van der Waals surface area (Å²) < 4.78 is 10.7. The Hall–Kier alpha value is -1.10. The smallest absolute Gasteiger partial charge is 0.123 e. The van der Waals surface area contributed by atoms with E-state index < -0.39 is 5.60 Å². The molecule has 1 aliphatic rings. The van der Waals surface area contributed by atoms with Crippen molar-refractivity contribution in [1.82, 2.24) is 5.32 Å². The number of hydrogen-bond acceptors (Lipinski definition) is 4. The molecular formula is C16H25NO3. The molecule has 2 rings (SSSR count). The molecule has 1 saturated heterocycles. The molecule has 20 heavy (non-hydrogen) atoms. The van der Waals surface area contributed by atoms with Crippen molar-refractivity contribution in [3.05, 3.63) is 29.8 Å². The zero-order chi connectivity index (χ0) is 14.4. The first kappa shape index (κ1) is 15.3. The Kier molecular flexibility index (Phi) is 5.40. The van der Waals surface area contributed by atoms with Gasteiger partial charge in [-0.25, -0.2) is 0 Å². The molecule has 1 unspecified atom stereocenters. The highest BCUT2D eigenvalue weighted by molar-refractivity contribution is 5.35. The lowest BCUT2D eigenvalue weighted by molar-refractivity contribution is -0.0628. The van der Waals surface area contributed by atoms with Gasteiger partial charge in [-0.1, -0.05) is 25.1 Å². The van der Waals surface area contributed by atoms with E-state index in [1.165, 1.54) is 0 Å². The van der Waals surface area contributed by atoms with Gasteiger partial charge < -0.3 is 19.9 Å². The summed E-state index contributed by atoms with van der Waals surface area (Å²) in [6, 6.07) is 8.24. The fourth-order valence-corrected chi connectivity index (χ4v) is 2.67. The molecule has 1 atom stereocenters. The predicted molar refractivity (Wildman–Crippen MR) is 79.0 cm³/mol. The van der Waals surface area contributed by atoms with Gasteiger partial charge in [0.15, 0.2) is 0 Å². The Labute approximate surface area is 121 Å². The first-order valence-electron chi connectivity index (χ1n) is 7.35. The molecule has 4 nitrogen and oxygen atoms in total. The second-order valence-electron chi connectivity index (χ2n) is 5.42. The van der Waals surface area contributed by atoms with Gasteiger partial charge in [-0.3, -0.25) is 0 Å². The molecule has 1 aliphatic heterocycles. The van der Waals surface area contributed by atoms with Crippen LogP contribution in [-0.2, 0) is 4.74 Å². The highest BCUT2D eigenvalue weighted by Crippen LogP contribution is 2.28. The lowest BCUT2D eigenvalue weighted by atomic mass is 9.93. The first-order chi connectivity index (χ1) is 9.68. The van der Waals surface area contributed by atoms with E-state index in [9.17, 15) is 5.11 Å². The Morgan fingerprint density at radius 2 is 2.05 bits per heavy atom. The summed E-state index contributed by atoms with van der Waals surface area (Å²) >= 11 is 0. The van der Waals surface area contributed by atoms with Gasteiger partial charge in [0, 0.05) is 44.2 Å². The predicted octanol–water partition coefficient (Wildman–Crippen LogP) is 2.28. The Morgan fingerprint density at radius 1 is 1.35 bits per heavy atom. The molecule has 112 valence electrons. The van der Waals surface area contributed by atoms with Crippen molar-refractivity contribution in [2.45, 2.75) is 37.8 Å². The van der Waals surface area contributed by atoms with Crippen molar-refractivity contribution in [1.29, 1.82) is 0 Å². The molecule has 1 heterocycles. The number of benzene rings is 1. The molecule has 0 spiro atoms. The summed E-state index contributed by atoms with van der Waals surface area (Å²) in [6.45, 7) is 4.01. The van der Waals surface area contributed by atoms with E-state index in [1.807, 2.05) is 18.2 Å². The molecule has 0 saturated carbocycles. The van der Waals surface area contributed by atoms with E-state index in [4.69, 9.17) is 9.47 Å². The largest absolute Gasteiger partial charge is 0.496 e. The topological polar surface area (TPSA) is 50.7 Å². The molecule has 0 bridgehead atoms. The maximum Gasteiger partial charge on any atom is 0.123 e. The molecular weight excluding hydrogens is 254 g/mol. The minimum Gasteiger partial charge on any atom is -0.496 e. The number of rotatable bonds is 6. The van der Waals surface area contributed by atoms with Gasteiger partial charge in [0.1, 0.15) is 5.75 Å². The van der Waals surface area contributed by atoms with Gasteiger partial charge in [-0.15, -0.1) is 0 Å². The van der Waals surface area contributed by atoms with Gasteiger partial charge in [0.25, 0.3) is 0 Å². The van der Waals surface area contributed by atoms with Crippen molar-refractivity contribution < 1.29 is 14.6 Å². The van der Waals surface area contributed by atoms with Crippen LogP contribution in [0.1, 0.15) is 37.8 Å². The van der Waals surface area contributed by atoms with Crippen LogP contribution in [-0.4, -0.2) is 37.6 Å². The standard InChI is InChI=1S/C16H25NO3/c1-3-14(13-6-4-5-7-15(13)19-2)17-12-16(18)8-10-20-11-9-16/h4-7,14,17-18H,3,8-12H2,1-2H3. The maximum atomic E-state index is 10.5. The number of nitrogens with one attached hydrogen (secondary N) is 1. The Morgan fingerprint density at radius 3 is 2.70 bits per heavy atom. The molecule has 0 amide bonds. The maximum absolute atomic E-state index is 10.5. The van der Waals surface area contributed by atoms with Gasteiger partial charge in [0.2, 0.25) is 0 Å². The van der Waals surface area contributed by atoms with Crippen LogP contribution in [0.25, 0.3) is 0 Å². The fourth-order valence-electron chi connectivity index (χ4n) is 2.67. The monoisotopic (exact) mass is 279 g/mol. The summed E-state index contributed by atoms with van der Waals surface area (Å²) in [6.07, 6.45) is 2.34. The van der Waals surface area contributed by atoms with Gasteiger partial charge >= 0.3 is 0 Å². The fraction of sp³-hybridized carbons (Fsp3) is 0.625. The molecule has 0 aliphatic carbocycles. The molecule has 4 heteroatoms. The normalized spacial score (nSPS) is 19.6. The second-order valence-corrected chi connectivity index (χ2v) is 5.42. The van der Waals surface area contributed by atoms with Crippen LogP contribution in [0.5, 0.6) is 5.75 Å². The van der Waals surface area contributed by atoms with Crippen LogP contribution < -0.4 is 10.1 Å². The van der Waals surface area contributed by atoms with Crippen molar-refractivity contribution >= 4 is 0 Å². The summed E-state index contributed by atoms with van der Waals surface area (Å²) in [7, 11) is 1.69. The highest BCUT2D eigenvalue weighted by atomic mass is 16.5. The summed E-state index contributed by atoms with van der Waals surface area (Å²) in [4.78, 5) is 0. The van der Waals surface area contributed by atoms with E-state index in [1.54, 1.807) is 7.11 Å². The van der Waals surface area contributed by atoms with Crippen LogP contribution in [0.2, 0.25) is 0 Å². The third-order valence-electron chi connectivity index (χ3n) is 4.02. The van der Waals surface area contributed by atoms with Gasteiger partial charge in [0.05, 0.1) is 12.7 Å². The number of para-hydroxylation sites is 1. The summed E-state index contributed by atoms with van der Waals surface area (Å²) in [5.74, 6) is 0.894. The molecule has 0 radical (unpaired) electrons. The molecule has 1 aromatic rings.